The lowest BCUT2D eigenvalue weighted by atomic mass is 10.1. The van der Waals surface area contributed by atoms with Crippen LogP contribution in [0.2, 0.25) is 0 Å². The fraction of sp³-hybridized carbons (Fsp3) is 0.583. The molecule has 15 heavy (non-hydrogen) atoms. The first-order valence-corrected chi connectivity index (χ1v) is 5.54. The maximum atomic E-state index is 11.6. The van der Waals surface area contributed by atoms with Gasteiger partial charge in [0, 0.05) is 6.20 Å². The van der Waals surface area contributed by atoms with Crippen molar-refractivity contribution >= 4 is 5.97 Å². The summed E-state index contributed by atoms with van der Waals surface area (Å²) in [5, 5.41) is 0. The summed E-state index contributed by atoms with van der Waals surface area (Å²) in [6.45, 7) is 6.40. The number of aromatic amines is 1. The van der Waals surface area contributed by atoms with Crippen LogP contribution in [0, 0.1) is 6.92 Å². The van der Waals surface area contributed by atoms with Crippen molar-refractivity contribution in [3.63, 3.8) is 0 Å². The first-order valence-electron chi connectivity index (χ1n) is 5.54. The number of rotatable bonds is 5. The average molecular weight is 209 g/mol. The Morgan fingerprint density at radius 2 is 2.20 bits per heavy atom. The van der Waals surface area contributed by atoms with Crippen LogP contribution in [0.1, 0.15) is 48.3 Å². The Morgan fingerprint density at radius 1 is 1.47 bits per heavy atom. The van der Waals surface area contributed by atoms with Crippen molar-refractivity contribution in [2.24, 2.45) is 0 Å². The molecule has 0 saturated carbocycles. The Bertz CT molecular complexity index is 328. The second-order valence-corrected chi connectivity index (χ2v) is 3.65. The van der Waals surface area contributed by atoms with E-state index in [9.17, 15) is 4.79 Å². The van der Waals surface area contributed by atoms with Gasteiger partial charge in [0.1, 0.15) is 5.69 Å². The maximum Gasteiger partial charge on any atom is 0.355 e. The van der Waals surface area contributed by atoms with Crippen LogP contribution in [0.25, 0.3) is 0 Å². The van der Waals surface area contributed by atoms with Crippen molar-refractivity contribution in [2.45, 2.75) is 40.0 Å². The van der Waals surface area contributed by atoms with Gasteiger partial charge in [-0.2, -0.15) is 0 Å². The predicted molar refractivity (Wildman–Crippen MR) is 60.1 cm³/mol. The highest BCUT2D eigenvalue weighted by molar-refractivity contribution is 5.89. The quantitative estimate of drug-likeness (QED) is 0.758. The summed E-state index contributed by atoms with van der Waals surface area (Å²) in [4.78, 5) is 14.6. The number of unbranched alkanes of at least 4 members (excludes halogenated alkanes) is 1. The molecule has 0 spiro atoms. The van der Waals surface area contributed by atoms with Crippen LogP contribution in [0.15, 0.2) is 6.20 Å². The van der Waals surface area contributed by atoms with E-state index in [1.807, 2.05) is 20.0 Å². The highest BCUT2D eigenvalue weighted by Crippen LogP contribution is 2.17. The molecule has 0 saturated heterocycles. The van der Waals surface area contributed by atoms with E-state index in [1.54, 1.807) is 0 Å². The molecule has 1 aromatic rings. The Hall–Kier alpha value is -1.25. The van der Waals surface area contributed by atoms with Crippen molar-refractivity contribution in [1.82, 2.24) is 4.98 Å². The molecule has 0 radical (unpaired) electrons. The summed E-state index contributed by atoms with van der Waals surface area (Å²) < 4.78 is 4.99. The molecular weight excluding hydrogens is 190 g/mol. The van der Waals surface area contributed by atoms with Gasteiger partial charge in [-0.3, -0.25) is 0 Å². The summed E-state index contributed by atoms with van der Waals surface area (Å²) in [6, 6.07) is 0. The Labute approximate surface area is 90.8 Å². The van der Waals surface area contributed by atoms with Crippen molar-refractivity contribution in [3.8, 4) is 0 Å². The Kier molecular flexibility index (Phi) is 4.40. The van der Waals surface area contributed by atoms with Crippen LogP contribution in [0.4, 0.5) is 0 Å². The third kappa shape index (κ3) is 2.85. The van der Waals surface area contributed by atoms with Crippen LogP contribution in [-0.4, -0.2) is 17.6 Å². The molecule has 0 unspecified atom stereocenters. The monoisotopic (exact) mass is 209 g/mol. The molecule has 0 aliphatic carbocycles. The van der Waals surface area contributed by atoms with Gasteiger partial charge in [0.25, 0.3) is 0 Å². The SMILES string of the molecule is CCCCc1c(C)c[nH]c1C(=O)OCC. The first kappa shape index (κ1) is 11.8. The molecule has 0 fully saturated rings. The van der Waals surface area contributed by atoms with Crippen molar-refractivity contribution in [1.29, 1.82) is 0 Å². The lowest BCUT2D eigenvalue weighted by molar-refractivity contribution is 0.0519. The van der Waals surface area contributed by atoms with Gasteiger partial charge in [-0.25, -0.2) is 4.79 Å². The molecule has 84 valence electrons. The molecule has 3 nitrogen and oxygen atoms in total. The van der Waals surface area contributed by atoms with Gasteiger partial charge >= 0.3 is 5.97 Å². The topological polar surface area (TPSA) is 42.1 Å². The zero-order valence-corrected chi connectivity index (χ0v) is 9.72. The number of ether oxygens (including phenoxy) is 1. The van der Waals surface area contributed by atoms with E-state index in [1.165, 1.54) is 0 Å². The van der Waals surface area contributed by atoms with Crippen LogP contribution in [0.5, 0.6) is 0 Å². The molecule has 1 N–H and O–H groups in total. The molecule has 0 aliphatic heterocycles. The second-order valence-electron chi connectivity index (χ2n) is 3.65. The number of aryl methyl sites for hydroxylation is 1. The predicted octanol–water partition coefficient (Wildman–Crippen LogP) is 2.84. The van der Waals surface area contributed by atoms with E-state index in [0.717, 1.165) is 30.4 Å². The van der Waals surface area contributed by atoms with E-state index in [-0.39, 0.29) is 5.97 Å². The molecule has 0 amide bonds. The first-order chi connectivity index (χ1) is 7.20. The normalized spacial score (nSPS) is 10.3. The van der Waals surface area contributed by atoms with Gasteiger partial charge in [-0.05, 0) is 37.8 Å². The molecule has 0 aromatic carbocycles. The van der Waals surface area contributed by atoms with Crippen LogP contribution < -0.4 is 0 Å². The lowest BCUT2D eigenvalue weighted by Gasteiger charge is -2.04. The minimum Gasteiger partial charge on any atom is -0.461 e. The Balaban J connectivity index is 2.82. The highest BCUT2D eigenvalue weighted by Gasteiger charge is 2.15. The summed E-state index contributed by atoms with van der Waals surface area (Å²) in [5.74, 6) is -0.239. The van der Waals surface area contributed by atoms with Crippen LogP contribution in [0.3, 0.4) is 0 Å². The number of carbonyl (C=O) groups is 1. The molecule has 0 bridgehead atoms. The zero-order valence-electron chi connectivity index (χ0n) is 9.72. The van der Waals surface area contributed by atoms with E-state index in [2.05, 4.69) is 11.9 Å². The van der Waals surface area contributed by atoms with Crippen LogP contribution >= 0.6 is 0 Å². The van der Waals surface area contributed by atoms with Gasteiger partial charge in [0.2, 0.25) is 0 Å². The van der Waals surface area contributed by atoms with E-state index < -0.39 is 0 Å². The van der Waals surface area contributed by atoms with Crippen molar-refractivity contribution < 1.29 is 9.53 Å². The number of esters is 1. The van der Waals surface area contributed by atoms with E-state index in [4.69, 9.17) is 4.74 Å². The van der Waals surface area contributed by atoms with Gasteiger partial charge in [0.05, 0.1) is 6.61 Å². The number of H-pyrrole nitrogens is 1. The molecule has 1 rings (SSSR count). The zero-order chi connectivity index (χ0) is 11.3. The molecule has 1 heterocycles. The molecular formula is C12H19NO2. The minimum absolute atomic E-state index is 0.239. The van der Waals surface area contributed by atoms with Crippen molar-refractivity contribution in [3.05, 3.63) is 23.0 Å². The van der Waals surface area contributed by atoms with Gasteiger partial charge in [-0.15, -0.1) is 0 Å². The number of carbonyl (C=O) groups excluding carboxylic acids is 1. The molecule has 0 atom stereocenters. The Morgan fingerprint density at radius 3 is 2.80 bits per heavy atom. The van der Waals surface area contributed by atoms with Crippen LogP contribution in [-0.2, 0) is 11.2 Å². The van der Waals surface area contributed by atoms with Gasteiger partial charge in [0.15, 0.2) is 0 Å². The minimum atomic E-state index is -0.239. The fourth-order valence-electron chi connectivity index (χ4n) is 1.61. The summed E-state index contributed by atoms with van der Waals surface area (Å²) >= 11 is 0. The second kappa shape index (κ2) is 5.59. The number of hydrogen-bond acceptors (Lipinski definition) is 2. The summed E-state index contributed by atoms with van der Waals surface area (Å²) in [5.41, 5.74) is 2.88. The molecule has 0 aliphatic rings. The standard InChI is InChI=1S/C12H19NO2/c1-4-6-7-10-9(3)8-13-11(10)12(14)15-5-2/h8,13H,4-7H2,1-3H3. The number of aromatic nitrogens is 1. The third-order valence-corrected chi connectivity index (χ3v) is 2.47. The highest BCUT2D eigenvalue weighted by atomic mass is 16.5. The van der Waals surface area contributed by atoms with E-state index >= 15 is 0 Å². The smallest absolute Gasteiger partial charge is 0.355 e. The summed E-state index contributed by atoms with van der Waals surface area (Å²) in [6.07, 6.45) is 5.05. The van der Waals surface area contributed by atoms with E-state index in [0.29, 0.717) is 12.3 Å². The number of hydrogen-bond donors (Lipinski definition) is 1. The number of nitrogens with one attached hydrogen (secondary N) is 1. The maximum absolute atomic E-state index is 11.6. The van der Waals surface area contributed by atoms with Crippen molar-refractivity contribution in [2.75, 3.05) is 6.61 Å². The van der Waals surface area contributed by atoms with Gasteiger partial charge < -0.3 is 9.72 Å². The molecule has 1 aromatic heterocycles. The fourth-order valence-corrected chi connectivity index (χ4v) is 1.61. The average Bonchev–Trinajstić information content (AvgIpc) is 2.57. The molecule has 3 heteroatoms. The summed E-state index contributed by atoms with van der Waals surface area (Å²) in [7, 11) is 0. The third-order valence-electron chi connectivity index (χ3n) is 2.47. The lowest BCUT2D eigenvalue weighted by Crippen LogP contribution is -2.08. The van der Waals surface area contributed by atoms with Gasteiger partial charge in [-0.1, -0.05) is 13.3 Å². The largest absolute Gasteiger partial charge is 0.461 e.